The molecule has 1 aliphatic heterocycles. The van der Waals surface area contributed by atoms with Crippen molar-refractivity contribution in [2.75, 3.05) is 19.6 Å². The maximum absolute atomic E-state index is 11.0. The van der Waals surface area contributed by atoms with Crippen molar-refractivity contribution in [1.29, 1.82) is 0 Å². The molecule has 0 radical (unpaired) electrons. The van der Waals surface area contributed by atoms with Crippen LogP contribution in [0.25, 0.3) is 0 Å². The number of nitro benzene ring substituents is 1. The van der Waals surface area contributed by atoms with Crippen LogP contribution in [-0.2, 0) is 6.54 Å². The molecule has 0 amide bonds. The van der Waals surface area contributed by atoms with Crippen LogP contribution in [0.4, 0.5) is 5.69 Å². The van der Waals surface area contributed by atoms with Crippen molar-refractivity contribution >= 4 is 17.3 Å². The van der Waals surface area contributed by atoms with E-state index in [-0.39, 0.29) is 10.6 Å². The molecule has 1 N–H and O–H groups in total. The average molecular weight is 270 g/mol. The Kier molecular flexibility index (Phi) is 4.16. The quantitative estimate of drug-likeness (QED) is 0.674. The van der Waals surface area contributed by atoms with E-state index in [0.717, 1.165) is 25.2 Å². The molecule has 0 aliphatic carbocycles. The first kappa shape index (κ1) is 13.3. The number of nitrogens with zero attached hydrogens (tertiary/aromatic N) is 2. The third-order valence-electron chi connectivity index (χ3n) is 3.26. The fourth-order valence-corrected chi connectivity index (χ4v) is 2.34. The van der Waals surface area contributed by atoms with Crippen molar-refractivity contribution in [1.82, 2.24) is 10.2 Å². The van der Waals surface area contributed by atoms with E-state index in [1.807, 2.05) is 0 Å². The molecule has 5 nitrogen and oxygen atoms in total. The van der Waals surface area contributed by atoms with Gasteiger partial charge in [0.15, 0.2) is 0 Å². The van der Waals surface area contributed by atoms with Gasteiger partial charge in [-0.05, 0) is 19.1 Å². The third-order valence-corrected chi connectivity index (χ3v) is 3.49. The number of nitro groups is 1. The summed E-state index contributed by atoms with van der Waals surface area (Å²) < 4.78 is 0. The highest BCUT2D eigenvalue weighted by Crippen LogP contribution is 2.25. The van der Waals surface area contributed by atoms with E-state index in [4.69, 9.17) is 11.6 Å². The van der Waals surface area contributed by atoms with Gasteiger partial charge in [-0.1, -0.05) is 11.6 Å². The molecule has 98 valence electrons. The Hall–Kier alpha value is -1.17. The van der Waals surface area contributed by atoms with Gasteiger partial charge >= 0.3 is 0 Å². The number of benzene rings is 1. The van der Waals surface area contributed by atoms with Crippen LogP contribution < -0.4 is 5.32 Å². The van der Waals surface area contributed by atoms with E-state index >= 15 is 0 Å². The summed E-state index contributed by atoms with van der Waals surface area (Å²) in [5.41, 5.74) is 0.825. The van der Waals surface area contributed by atoms with E-state index in [0.29, 0.717) is 17.6 Å². The predicted octanol–water partition coefficient (Wildman–Crippen LogP) is 2.04. The van der Waals surface area contributed by atoms with Crippen molar-refractivity contribution in [3.05, 3.63) is 38.9 Å². The number of halogens is 1. The van der Waals surface area contributed by atoms with Crippen molar-refractivity contribution in [3.8, 4) is 0 Å². The first-order valence-electron chi connectivity index (χ1n) is 5.95. The number of nitrogens with one attached hydrogen (secondary N) is 1. The topological polar surface area (TPSA) is 58.4 Å². The second-order valence-corrected chi connectivity index (χ2v) is 4.99. The van der Waals surface area contributed by atoms with Crippen LogP contribution in [0.3, 0.4) is 0 Å². The van der Waals surface area contributed by atoms with Gasteiger partial charge in [0.05, 0.1) is 4.92 Å². The molecule has 1 aliphatic rings. The van der Waals surface area contributed by atoms with Crippen molar-refractivity contribution in [2.24, 2.45) is 0 Å². The Morgan fingerprint density at radius 1 is 1.61 bits per heavy atom. The van der Waals surface area contributed by atoms with Gasteiger partial charge in [-0.25, -0.2) is 0 Å². The van der Waals surface area contributed by atoms with Crippen LogP contribution in [0.15, 0.2) is 18.2 Å². The van der Waals surface area contributed by atoms with Gasteiger partial charge in [-0.15, -0.1) is 0 Å². The zero-order chi connectivity index (χ0) is 13.1. The first-order valence-corrected chi connectivity index (χ1v) is 6.33. The molecule has 1 saturated heterocycles. The highest BCUT2D eigenvalue weighted by atomic mass is 35.5. The van der Waals surface area contributed by atoms with Gasteiger partial charge in [-0.3, -0.25) is 15.0 Å². The molecule has 2 rings (SSSR count). The van der Waals surface area contributed by atoms with Crippen LogP contribution in [-0.4, -0.2) is 35.5 Å². The zero-order valence-corrected chi connectivity index (χ0v) is 11.0. The van der Waals surface area contributed by atoms with Gasteiger partial charge in [-0.2, -0.15) is 0 Å². The van der Waals surface area contributed by atoms with Crippen molar-refractivity contribution in [3.63, 3.8) is 0 Å². The van der Waals surface area contributed by atoms with Crippen molar-refractivity contribution in [2.45, 2.75) is 19.5 Å². The summed E-state index contributed by atoms with van der Waals surface area (Å²) in [7, 11) is 0. The van der Waals surface area contributed by atoms with Crippen LogP contribution in [0.5, 0.6) is 0 Å². The molecular formula is C12H16ClN3O2. The van der Waals surface area contributed by atoms with E-state index in [1.54, 1.807) is 12.1 Å². The summed E-state index contributed by atoms with van der Waals surface area (Å²) >= 11 is 5.80. The Morgan fingerprint density at radius 2 is 2.39 bits per heavy atom. The normalized spacial score (nSPS) is 20.9. The number of piperazine rings is 1. The Balaban J connectivity index is 2.20. The van der Waals surface area contributed by atoms with Crippen LogP contribution in [0, 0.1) is 10.1 Å². The minimum atomic E-state index is -0.367. The Labute approximate surface area is 111 Å². The summed E-state index contributed by atoms with van der Waals surface area (Å²) in [6, 6.07) is 5.25. The smallest absolute Gasteiger partial charge is 0.275 e. The Morgan fingerprint density at radius 3 is 3.06 bits per heavy atom. The summed E-state index contributed by atoms with van der Waals surface area (Å²) in [6.45, 7) is 5.46. The average Bonchev–Trinajstić information content (AvgIpc) is 2.34. The number of hydrogen-bond donors (Lipinski definition) is 1. The molecule has 0 unspecified atom stereocenters. The molecule has 6 heteroatoms. The monoisotopic (exact) mass is 269 g/mol. The van der Waals surface area contributed by atoms with Crippen LogP contribution in [0.1, 0.15) is 12.5 Å². The molecule has 1 atom stereocenters. The fraction of sp³-hybridized carbons (Fsp3) is 0.500. The van der Waals surface area contributed by atoms with E-state index < -0.39 is 0 Å². The molecule has 1 aromatic carbocycles. The van der Waals surface area contributed by atoms with Crippen molar-refractivity contribution < 1.29 is 4.92 Å². The molecular weight excluding hydrogens is 254 g/mol. The number of hydrogen-bond acceptors (Lipinski definition) is 4. The SMILES string of the molecule is C[C@H]1CNCCN1Cc1ccc(Cl)cc1[N+](=O)[O-]. The Bertz CT molecular complexity index is 453. The van der Waals surface area contributed by atoms with Gasteiger partial charge in [0.2, 0.25) is 0 Å². The van der Waals surface area contributed by atoms with Crippen LogP contribution in [0.2, 0.25) is 5.02 Å². The summed E-state index contributed by atoms with van der Waals surface area (Å²) in [6.07, 6.45) is 0. The van der Waals surface area contributed by atoms with Crippen LogP contribution >= 0.6 is 11.6 Å². The fourth-order valence-electron chi connectivity index (χ4n) is 2.18. The molecule has 0 bridgehead atoms. The largest absolute Gasteiger partial charge is 0.314 e. The summed E-state index contributed by atoms with van der Waals surface area (Å²) in [4.78, 5) is 12.9. The molecule has 0 aromatic heterocycles. The van der Waals surface area contributed by atoms with Gasteiger partial charge < -0.3 is 5.32 Å². The third kappa shape index (κ3) is 2.98. The number of rotatable bonds is 3. The second kappa shape index (κ2) is 5.65. The second-order valence-electron chi connectivity index (χ2n) is 4.55. The summed E-state index contributed by atoms with van der Waals surface area (Å²) in [5, 5.41) is 14.7. The highest BCUT2D eigenvalue weighted by Gasteiger charge is 2.22. The lowest BCUT2D eigenvalue weighted by Crippen LogP contribution is -2.49. The lowest BCUT2D eigenvalue weighted by atomic mass is 10.1. The van der Waals surface area contributed by atoms with Gasteiger partial charge in [0.1, 0.15) is 0 Å². The lowest BCUT2D eigenvalue weighted by Gasteiger charge is -2.33. The van der Waals surface area contributed by atoms with E-state index in [9.17, 15) is 10.1 Å². The molecule has 1 aromatic rings. The van der Waals surface area contributed by atoms with Gasteiger partial charge in [0, 0.05) is 48.9 Å². The minimum absolute atomic E-state index is 0.105. The molecule has 0 saturated carbocycles. The zero-order valence-electron chi connectivity index (χ0n) is 10.2. The predicted molar refractivity (Wildman–Crippen MR) is 70.8 cm³/mol. The lowest BCUT2D eigenvalue weighted by molar-refractivity contribution is -0.385. The highest BCUT2D eigenvalue weighted by molar-refractivity contribution is 6.30. The minimum Gasteiger partial charge on any atom is -0.314 e. The maximum atomic E-state index is 11.0. The van der Waals surface area contributed by atoms with E-state index in [2.05, 4.69) is 17.1 Å². The molecule has 18 heavy (non-hydrogen) atoms. The molecule has 1 fully saturated rings. The first-order chi connectivity index (χ1) is 8.58. The standard InChI is InChI=1S/C12H16ClN3O2/c1-9-7-14-4-5-15(9)8-10-2-3-11(13)6-12(10)16(17)18/h2-3,6,9,14H,4-5,7-8H2,1H3/t9-/m0/s1. The maximum Gasteiger partial charge on any atom is 0.275 e. The molecule has 0 spiro atoms. The van der Waals surface area contributed by atoms with E-state index in [1.165, 1.54) is 6.07 Å². The summed E-state index contributed by atoms with van der Waals surface area (Å²) in [5.74, 6) is 0. The van der Waals surface area contributed by atoms with Gasteiger partial charge in [0.25, 0.3) is 5.69 Å². The molecule has 1 heterocycles.